The molecule has 5 nitrogen and oxygen atoms in total. The number of benzene rings is 1. The second-order valence-corrected chi connectivity index (χ2v) is 5.81. The fourth-order valence-corrected chi connectivity index (χ4v) is 2.97. The maximum atomic E-state index is 12.1. The first-order chi connectivity index (χ1) is 9.66. The Kier molecular flexibility index (Phi) is 5.29. The largest absolute Gasteiger partial charge is 0.481 e. The summed E-state index contributed by atoms with van der Waals surface area (Å²) in [6.07, 6.45) is 0.481. The Labute approximate surface area is 122 Å². The average molecular weight is 294 g/mol. The first-order valence-corrected chi connectivity index (χ1v) is 7.75. The number of carboxylic acids is 1. The second kappa shape index (κ2) is 7.19. The molecule has 0 atom stereocenters. The molecule has 1 aromatic carbocycles. The fraction of sp³-hybridized carbons (Fsp3) is 0.429. The van der Waals surface area contributed by atoms with Crippen LogP contribution in [0.3, 0.4) is 0 Å². The molecule has 1 fully saturated rings. The van der Waals surface area contributed by atoms with E-state index in [2.05, 4.69) is 5.32 Å². The summed E-state index contributed by atoms with van der Waals surface area (Å²) in [6.45, 7) is 1.52. The van der Waals surface area contributed by atoms with E-state index in [1.807, 2.05) is 36.0 Å². The van der Waals surface area contributed by atoms with Crippen LogP contribution in [-0.4, -0.2) is 46.6 Å². The van der Waals surface area contributed by atoms with Gasteiger partial charge in [-0.25, -0.2) is 4.79 Å². The third-order valence-electron chi connectivity index (χ3n) is 3.17. The highest BCUT2D eigenvalue weighted by atomic mass is 32.2. The highest BCUT2D eigenvalue weighted by Gasteiger charge is 2.17. The van der Waals surface area contributed by atoms with Gasteiger partial charge < -0.3 is 15.3 Å². The number of aliphatic carboxylic acids is 1. The average Bonchev–Trinajstić information content (AvgIpc) is 2.47. The van der Waals surface area contributed by atoms with Crippen molar-refractivity contribution in [2.75, 3.05) is 29.9 Å². The number of amides is 2. The molecule has 1 saturated heterocycles. The minimum atomic E-state index is -0.834. The molecule has 0 aromatic heterocycles. The smallest absolute Gasteiger partial charge is 0.321 e. The number of thioether (sulfide) groups is 1. The van der Waals surface area contributed by atoms with Crippen molar-refractivity contribution in [3.05, 3.63) is 29.8 Å². The zero-order valence-corrected chi connectivity index (χ0v) is 12.0. The summed E-state index contributed by atoms with van der Waals surface area (Å²) >= 11 is 1.85. The van der Waals surface area contributed by atoms with E-state index in [9.17, 15) is 9.59 Å². The minimum Gasteiger partial charge on any atom is -0.481 e. The number of hydrogen-bond donors (Lipinski definition) is 2. The topological polar surface area (TPSA) is 69.6 Å². The Morgan fingerprint density at radius 2 is 1.95 bits per heavy atom. The summed E-state index contributed by atoms with van der Waals surface area (Å²) in [5.74, 6) is 1.10. The third-order valence-corrected chi connectivity index (χ3v) is 4.11. The van der Waals surface area contributed by atoms with Gasteiger partial charge in [0.15, 0.2) is 0 Å². The SMILES string of the molecule is O=C(O)CCc1ccccc1NC(=O)N1CCSCC1. The molecular weight excluding hydrogens is 276 g/mol. The standard InChI is InChI=1S/C14H18N2O3S/c17-13(18)6-5-11-3-1-2-4-12(11)15-14(19)16-7-9-20-10-8-16/h1-4H,5-10H2,(H,15,19)(H,17,18). The van der Waals surface area contributed by atoms with E-state index in [1.165, 1.54) is 0 Å². The molecule has 1 aliphatic heterocycles. The highest BCUT2D eigenvalue weighted by Crippen LogP contribution is 2.18. The van der Waals surface area contributed by atoms with Crippen molar-refractivity contribution in [2.24, 2.45) is 0 Å². The van der Waals surface area contributed by atoms with Crippen LogP contribution in [0.4, 0.5) is 10.5 Å². The van der Waals surface area contributed by atoms with Gasteiger partial charge in [0.05, 0.1) is 0 Å². The van der Waals surface area contributed by atoms with Gasteiger partial charge in [-0.3, -0.25) is 4.79 Å². The van der Waals surface area contributed by atoms with Crippen molar-refractivity contribution in [1.29, 1.82) is 0 Å². The summed E-state index contributed by atoms with van der Waals surface area (Å²) < 4.78 is 0. The molecule has 2 N–H and O–H groups in total. The summed E-state index contributed by atoms with van der Waals surface area (Å²) in [6, 6.07) is 7.25. The van der Waals surface area contributed by atoms with Crippen molar-refractivity contribution >= 4 is 29.4 Å². The molecule has 0 radical (unpaired) electrons. The molecule has 1 aliphatic rings. The molecule has 0 unspecified atom stereocenters. The van der Waals surface area contributed by atoms with Crippen LogP contribution in [0, 0.1) is 0 Å². The second-order valence-electron chi connectivity index (χ2n) is 4.58. The van der Waals surface area contributed by atoms with Gasteiger partial charge in [-0.05, 0) is 18.1 Å². The van der Waals surface area contributed by atoms with Crippen LogP contribution >= 0.6 is 11.8 Å². The van der Waals surface area contributed by atoms with Gasteiger partial charge in [0, 0.05) is 36.7 Å². The Morgan fingerprint density at radius 1 is 1.25 bits per heavy atom. The molecule has 2 amide bonds. The van der Waals surface area contributed by atoms with E-state index in [0.29, 0.717) is 12.1 Å². The van der Waals surface area contributed by atoms with Gasteiger partial charge in [0.2, 0.25) is 0 Å². The molecule has 0 spiro atoms. The minimum absolute atomic E-state index is 0.0627. The van der Waals surface area contributed by atoms with Crippen LogP contribution in [0.15, 0.2) is 24.3 Å². The van der Waals surface area contributed by atoms with Crippen molar-refractivity contribution in [2.45, 2.75) is 12.8 Å². The Hall–Kier alpha value is -1.69. The summed E-state index contributed by atoms with van der Waals surface area (Å²) in [5, 5.41) is 11.6. The third kappa shape index (κ3) is 4.16. The van der Waals surface area contributed by atoms with E-state index in [4.69, 9.17) is 5.11 Å². The summed E-state index contributed by atoms with van der Waals surface area (Å²) in [7, 11) is 0. The first-order valence-electron chi connectivity index (χ1n) is 6.60. The normalized spacial score (nSPS) is 14.9. The number of hydrogen-bond acceptors (Lipinski definition) is 3. The van der Waals surface area contributed by atoms with Gasteiger partial charge in [-0.15, -0.1) is 0 Å². The quantitative estimate of drug-likeness (QED) is 0.894. The monoisotopic (exact) mass is 294 g/mol. The number of nitrogens with zero attached hydrogens (tertiary/aromatic N) is 1. The Morgan fingerprint density at radius 3 is 2.65 bits per heavy atom. The van der Waals surface area contributed by atoms with Gasteiger partial charge in [-0.2, -0.15) is 11.8 Å². The van der Waals surface area contributed by atoms with E-state index >= 15 is 0 Å². The summed E-state index contributed by atoms with van der Waals surface area (Å²) in [4.78, 5) is 24.6. The number of anilines is 1. The number of aryl methyl sites for hydroxylation is 1. The molecule has 1 heterocycles. The molecule has 6 heteroatoms. The molecule has 0 bridgehead atoms. The molecule has 0 saturated carbocycles. The Balaban J connectivity index is 2.00. The van der Waals surface area contributed by atoms with Crippen LogP contribution in [0.1, 0.15) is 12.0 Å². The van der Waals surface area contributed by atoms with E-state index < -0.39 is 5.97 Å². The van der Waals surface area contributed by atoms with Crippen LogP contribution in [0.25, 0.3) is 0 Å². The van der Waals surface area contributed by atoms with Crippen molar-refractivity contribution in [3.63, 3.8) is 0 Å². The summed E-state index contributed by atoms with van der Waals surface area (Å²) in [5.41, 5.74) is 1.56. The zero-order valence-electron chi connectivity index (χ0n) is 11.2. The number of para-hydroxylation sites is 1. The lowest BCUT2D eigenvalue weighted by Crippen LogP contribution is -2.40. The van der Waals surface area contributed by atoms with Crippen LogP contribution < -0.4 is 5.32 Å². The number of carbonyl (C=O) groups excluding carboxylic acids is 1. The predicted octanol–water partition coefficient (Wildman–Crippen LogP) is 2.28. The van der Waals surface area contributed by atoms with Crippen molar-refractivity contribution < 1.29 is 14.7 Å². The lowest BCUT2D eigenvalue weighted by atomic mass is 10.1. The van der Waals surface area contributed by atoms with Gasteiger partial charge >= 0.3 is 12.0 Å². The predicted molar refractivity (Wildman–Crippen MR) is 80.3 cm³/mol. The van der Waals surface area contributed by atoms with Crippen LogP contribution in [0.5, 0.6) is 0 Å². The van der Waals surface area contributed by atoms with Crippen molar-refractivity contribution in [1.82, 2.24) is 4.90 Å². The highest BCUT2D eigenvalue weighted by molar-refractivity contribution is 7.99. The molecule has 2 rings (SSSR count). The lowest BCUT2D eigenvalue weighted by molar-refractivity contribution is -0.136. The maximum Gasteiger partial charge on any atom is 0.321 e. The lowest BCUT2D eigenvalue weighted by Gasteiger charge is -2.27. The zero-order chi connectivity index (χ0) is 14.4. The number of carboxylic acid groups (broad SMARTS) is 1. The van der Waals surface area contributed by atoms with Crippen molar-refractivity contribution in [3.8, 4) is 0 Å². The van der Waals surface area contributed by atoms with Crippen LogP contribution in [0.2, 0.25) is 0 Å². The fourth-order valence-electron chi connectivity index (χ4n) is 2.06. The number of rotatable bonds is 4. The number of nitrogens with one attached hydrogen (secondary N) is 1. The maximum absolute atomic E-state index is 12.1. The van der Waals surface area contributed by atoms with E-state index in [0.717, 1.165) is 30.2 Å². The van der Waals surface area contributed by atoms with Crippen LogP contribution in [-0.2, 0) is 11.2 Å². The molecule has 108 valence electrons. The number of urea groups is 1. The molecule has 20 heavy (non-hydrogen) atoms. The molecular formula is C14H18N2O3S. The Bertz CT molecular complexity index is 487. The van der Waals surface area contributed by atoms with Gasteiger partial charge in [-0.1, -0.05) is 18.2 Å². The van der Waals surface area contributed by atoms with Gasteiger partial charge in [0.25, 0.3) is 0 Å². The van der Waals surface area contributed by atoms with Gasteiger partial charge in [0.1, 0.15) is 0 Å². The van der Waals surface area contributed by atoms with E-state index in [1.54, 1.807) is 4.90 Å². The number of carbonyl (C=O) groups is 2. The molecule has 1 aromatic rings. The molecule has 0 aliphatic carbocycles. The van der Waals surface area contributed by atoms with E-state index in [-0.39, 0.29) is 12.5 Å². The first kappa shape index (κ1) is 14.7.